The van der Waals surface area contributed by atoms with Crippen molar-refractivity contribution in [2.45, 2.75) is 32.8 Å². The van der Waals surface area contributed by atoms with Gasteiger partial charge in [0, 0.05) is 17.9 Å². The smallest absolute Gasteiger partial charge is 0.0846 e. The van der Waals surface area contributed by atoms with Crippen LogP contribution in [0.4, 0.5) is 0 Å². The van der Waals surface area contributed by atoms with Crippen LogP contribution in [-0.4, -0.2) is 14.9 Å². The second-order valence-corrected chi connectivity index (χ2v) is 6.56. The van der Waals surface area contributed by atoms with E-state index in [-0.39, 0.29) is 0 Å². The maximum Gasteiger partial charge on any atom is 0.0846 e. The normalized spacial score (nSPS) is 12.7. The van der Waals surface area contributed by atoms with Gasteiger partial charge in [0.15, 0.2) is 0 Å². The molecule has 0 aliphatic heterocycles. The molecule has 2 rings (SSSR count). The van der Waals surface area contributed by atoms with Gasteiger partial charge in [-0.15, -0.1) is 0 Å². The summed E-state index contributed by atoms with van der Waals surface area (Å²) in [6.45, 7) is 4.11. The van der Waals surface area contributed by atoms with Crippen molar-refractivity contribution in [3.63, 3.8) is 0 Å². The van der Waals surface area contributed by atoms with E-state index in [0.29, 0.717) is 6.42 Å². The second kappa shape index (κ2) is 6.41. The van der Waals surface area contributed by atoms with Gasteiger partial charge in [-0.05, 0) is 46.5 Å². The first-order valence-corrected chi connectivity index (χ1v) is 8.17. The minimum atomic E-state index is -0.539. The van der Waals surface area contributed by atoms with Crippen molar-refractivity contribution in [2.24, 2.45) is 7.05 Å². The van der Waals surface area contributed by atoms with E-state index in [1.54, 1.807) is 0 Å². The van der Waals surface area contributed by atoms with Gasteiger partial charge in [0.05, 0.1) is 22.0 Å². The zero-order valence-electron chi connectivity index (χ0n) is 11.8. The van der Waals surface area contributed by atoms with E-state index in [9.17, 15) is 5.11 Å². The summed E-state index contributed by atoms with van der Waals surface area (Å²) < 4.78 is 3.87. The monoisotopic (exact) mass is 400 g/mol. The molecule has 1 N–H and O–H groups in total. The fourth-order valence-corrected chi connectivity index (χ4v) is 3.33. The molecule has 108 valence electrons. The molecule has 1 unspecified atom stereocenters. The first-order chi connectivity index (χ1) is 9.43. The molecule has 3 nitrogen and oxygen atoms in total. The van der Waals surface area contributed by atoms with Gasteiger partial charge in [0.1, 0.15) is 0 Å². The van der Waals surface area contributed by atoms with Crippen molar-refractivity contribution >= 4 is 31.9 Å². The van der Waals surface area contributed by atoms with Crippen molar-refractivity contribution in [1.29, 1.82) is 0 Å². The molecule has 1 aromatic heterocycles. The lowest BCUT2D eigenvalue weighted by molar-refractivity contribution is 0.175. The molecule has 0 saturated carbocycles. The molecule has 1 heterocycles. The lowest BCUT2D eigenvalue weighted by atomic mass is 10.0. The summed E-state index contributed by atoms with van der Waals surface area (Å²) >= 11 is 7.09. The molecule has 0 spiro atoms. The summed E-state index contributed by atoms with van der Waals surface area (Å²) in [6.07, 6.45) is 0.878. The Morgan fingerprint density at radius 3 is 2.60 bits per heavy atom. The third-order valence-corrected chi connectivity index (χ3v) is 5.24. The SMILES string of the molecule is CCc1nn(C)c(CC(O)c2ccc(C)c(Br)c2)c1Br. The largest absolute Gasteiger partial charge is 0.388 e. The number of halogens is 2. The molecule has 1 atom stereocenters. The third-order valence-electron chi connectivity index (χ3n) is 3.47. The predicted molar refractivity (Wildman–Crippen MR) is 87.8 cm³/mol. The van der Waals surface area contributed by atoms with Gasteiger partial charge in [-0.3, -0.25) is 4.68 Å². The van der Waals surface area contributed by atoms with Crippen molar-refractivity contribution in [1.82, 2.24) is 9.78 Å². The van der Waals surface area contributed by atoms with E-state index in [1.807, 2.05) is 36.9 Å². The fourth-order valence-electron chi connectivity index (χ4n) is 2.16. The molecule has 0 bridgehead atoms. The topological polar surface area (TPSA) is 38.0 Å². The van der Waals surface area contributed by atoms with E-state index >= 15 is 0 Å². The maximum absolute atomic E-state index is 10.4. The quantitative estimate of drug-likeness (QED) is 0.837. The van der Waals surface area contributed by atoms with Crippen molar-refractivity contribution in [3.8, 4) is 0 Å². The molecular formula is C15H18Br2N2O. The summed E-state index contributed by atoms with van der Waals surface area (Å²) in [7, 11) is 1.91. The van der Waals surface area contributed by atoms with Crippen LogP contribution >= 0.6 is 31.9 Å². The Morgan fingerprint density at radius 2 is 2.05 bits per heavy atom. The first-order valence-electron chi connectivity index (χ1n) is 6.58. The average molecular weight is 402 g/mol. The predicted octanol–water partition coefficient (Wildman–Crippen LogP) is 4.09. The number of aliphatic hydroxyl groups is 1. The van der Waals surface area contributed by atoms with Gasteiger partial charge in [-0.2, -0.15) is 5.10 Å². The summed E-state index contributed by atoms with van der Waals surface area (Å²) in [5, 5.41) is 14.9. The van der Waals surface area contributed by atoms with E-state index in [0.717, 1.165) is 37.9 Å². The molecule has 1 aromatic carbocycles. The molecule has 0 radical (unpaired) electrons. The first kappa shape index (κ1) is 15.7. The van der Waals surface area contributed by atoms with Crippen LogP contribution in [0, 0.1) is 6.92 Å². The number of nitrogens with zero attached hydrogens (tertiary/aromatic N) is 2. The van der Waals surface area contributed by atoms with Gasteiger partial charge in [0.25, 0.3) is 0 Å². The van der Waals surface area contributed by atoms with Crippen LogP contribution < -0.4 is 0 Å². The number of aromatic nitrogens is 2. The van der Waals surface area contributed by atoms with Crippen LogP contribution in [0.3, 0.4) is 0 Å². The van der Waals surface area contributed by atoms with Crippen LogP contribution in [0.25, 0.3) is 0 Å². The molecule has 0 fully saturated rings. The molecule has 2 aromatic rings. The minimum absolute atomic E-state index is 0.539. The number of hydrogen-bond donors (Lipinski definition) is 1. The second-order valence-electron chi connectivity index (χ2n) is 4.91. The van der Waals surface area contributed by atoms with E-state index in [2.05, 4.69) is 43.9 Å². The number of rotatable bonds is 4. The highest BCUT2D eigenvalue weighted by molar-refractivity contribution is 9.10. The lowest BCUT2D eigenvalue weighted by Crippen LogP contribution is -2.07. The highest BCUT2D eigenvalue weighted by Crippen LogP contribution is 2.28. The molecule has 0 aliphatic rings. The number of aliphatic hydroxyl groups excluding tert-OH is 1. The Hall–Kier alpha value is -0.650. The van der Waals surface area contributed by atoms with Crippen LogP contribution in [0.15, 0.2) is 27.1 Å². The van der Waals surface area contributed by atoms with Crippen molar-refractivity contribution in [3.05, 3.63) is 49.7 Å². The molecule has 0 aliphatic carbocycles. The van der Waals surface area contributed by atoms with Gasteiger partial charge in [0.2, 0.25) is 0 Å². The summed E-state index contributed by atoms with van der Waals surface area (Å²) in [6, 6.07) is 5.96. The Labute approximate surface area is 136 Å². The summed E-state index contributed by atoms with van der Waals surface area (Å²) in [4.78, 5) is 0. The minimum Gasteiger partial charge on any atom is -0.388 e. The number of hydrogen-bond acceptors (Lipinski definition) is 2. The zero-order chi connectivity index (χ0) is 14.9. The lowest BCUT2D eigenvalue weighted by Gasteiger charge is -2.13. The van der Waals surface area contributed by atoms with E-state index in [4.69, 9.17) is 0 Å². The van der Waals surface area contributed by atoms with Crippen LogP contribution in [-0.2, 0) is 19.9 Å². The van der Waals surface area contributed by atoms with Crippen molar-refractivity contribution < 1.29 is 5.11 Å². The van der Waals surface area contributed by atoms with Gasteiger partial charge in [-0.1, -0.05) is 35.0 Å². The number of benzene rings is 1. The molecule has 0 saturated heterocycles. The highest BCUT2D eigenvalue weighted by atomic mass is 79.9. The summed E-state index contributed by atoms with van der Waals surface area (Å²) in [5.74, 6) is 0. The van der Waals surface area contributed by atoms with Gasteiger partial charge < -0.3 is 5.11 Å². The van der Waals surface area contributed by atoms with Crippen LogP contribution in [0.5, 0.6) is 0 Å². The Morgan fingerprint density at radius 1 is 1.35 bits per heavy atom. The van der Waals surface area contributed by atoms with Crippen LogP contribution in [0.1, 0.15) is 35.5 Å². The highest BCUT2D eigenvalue weighted by Gasteiger charge is 2.17. The van der Waals surface area contributed by atoms with Crippen molar-refractivity contribution in [2.75, 3.05) is 0 Å². The molecular weight excluding hydrogens is 384 g/mol. The van der Waals surface area contributed by atoms with Gasteiger partial charge in [-0.25, -0.2) is 0 Å². The Kier molecular flexibility index (Phi) is 5.04. The Balaban J connectivity index is 2.25. The number of aryl methyl sites for hydroxylation is 3. The standard InChI is InChI=1S/C15H18Br2N2O/c1-4-12-15(17)13(19(3)18-12)8-14(20)10-6-5-9(2)11(16)7-10/h5-7,14,20H,4,8H2,1-3H3. The fraction of sp³-hybridized carbons (Fsp3) is 0.400. The zero-order valence-corrected chi connectivity index (χ0v) is 15.0. The van der Waals surface area contributed by atoms with Crippen LogP contribution in [0.2, 0.25) is 0 Å². The van der Waals surface area contributed by atoms with E-state index in [1.165, 1.54) is 0 Å². The summed E-state index contributed by atoms with van der Waals surface area (Å²) in [5.41, 5.74) is 4.12. The molecule has 20 heavy (non-hydrogen) atoms. The maximum atomic E-state index is 10.4. The Bertz CT molecular complexity index is 623. The molecule has 0 amide bonds. The van der Waals surface area contributed by atoms with Gasteiger partial charge >= 0.3 is 0 Å². The third kappa shape index (κ3) is 3.15. The molecule has 5 heteroatoms. The average Bonchev–Trinajstić information content (AvgIpc) is 2.69. The van der Waals surface area contributed by atoms with E-state index < -0.39 is 6.10 Å².